The van der Waals surface area contributed by atoms with Gasteiger partial charge in [0.05, 0.1) is 6.61 Å². The van der Waals surface area contributed by atoms with E-state index in [1.165, 1.54) is 51.4 Å². The number of carbonyl (C=O) groups is 2. The van der Waals surface area contributed by atoms with E-state index in [9.17, 15) is 9.59 Å². The maximum atomic E-state index is 11.3. The van der Waals surface area contributed by atoms with Crippen LogP contribution in [0.25, 0.3) is 0 Å². The number of aliphatic carboxylic acids is 1. The molecule has 136 valence electrons. The second-order valence-electron chi connectivity index (χ2n) is 6.83. The van der Waals surface area contributed by atoms with Crippen molar-refractivity contribution in [3.63, 3.8) is 0 Å². The van der Waals surface area contributed by atoms with Gasteiger partial charge in [-0.25, -0.2) is 0 Å². The van der Waals surface area contributed by atoms with Crippen LogP contribution in [0.5, 0.6) is 0 Å². The SMILES string of the molecule is CC(C)CCCCCCCCCCCOC(=O)CCCC(=O)O. The number of hydrogen-bond acceptors (Lipinski definition) is 3. The average molecular weight is 328 g/mol. The molecule has 0 bridgehead atoms. The van der Waals surface area contributed by atoms with Crippen molar-refractivity contribution in [1.29, 1.82) is 0 Å². The number of unbranched alkanes of at least 4 members (excludes halogenated alkanes) is 8. The number of esters is 1. The molecule has 0 amide bonds. The van der Waals surface area contributed by atoms with Gasteiger partial charge < -0.3 is 9.84 Å². The molecule has 23 heavy (non-hydrogen) atoms. The minimum atomic E-state index is -0.863. The lowest BCUT2D eigenvalue weighted by atomic mass is 10.0. The molecule has 0 aliphatic rings. The maximum absolute atomic E-state index is 11.3. The van der Waals surface area contributed by atoms with E-state index in [2.05, 4.69) is 13.8 Å². The molecule has 0 spiro atoms. The Hall–Kier alpha value is -1.06. The summed E-state index contributed by atoms with van der Waals surface area (Å²) in [4.78, 5) is 21.6. The van der Waals surface area contributed by atoms with Crippen molar-refractivity contribution in [2.24, 2.45) is 5.92 Å². The summed E-state index contributed by atoms with van der Waals surface area (Å²) >= 11 is 0. The second-order valence-corrected chi connectivity index (χ2v) is 6.83. The first-order chi connectivity index (χ1) is 11.0. The number of carboxylic acids is 1. The van der Waals surface area contributed by atoms with Gasteiger partial charge in [-0.1, -0.05) is 71.6 Å². The highest BCUT2D eigenvalue weighted by Gasteiger charge is 2.04. The lowest BCUT2D eigenvalue weighted by Crippen LogP contribution is -2.06. The number of carbonyl (C=O) groups excluding carboxylic acids is 1. The molecule has 0 radical (unpaired) electrons. The molecule has 0 saturated carbocycles. The molecular formula is C19H36O4. The van der Waals surface area contributed by atoms with Crippen molar-refractivity contribution in [3.8, 4) is 0 Å². The molecule has 4 nitrogen and oxygen atoms in total. The maximum Gasteiger partial charge on any atom is 0.305 e. The Morgan fingerprint density at radius 2 is 1.30 bits per heavy atom. The summed E-state index contributed by atoms with van der Waals surface area (Å²) < 4.78 is 5.08. The number of hydrogen-bond donors (Lipinski definition) is 1. The first-order valence-corrected chi connectivity index (χ1v) is 9.39. The fourth-order valence-corrected chi connectivity index (χ4v) is 2.53. The molecule has 0 fully saturated rings. The van der Waals surface area contributed by atoms with Crippen LogP contribution in [0.3, 0.4) is 0 Å². The van der Waals surface area contributed by atoms with Crippen LogP contribution in [-0.2, 0) is 14.3 Å². The van der Waals surface area contributed by atoms with Crippen LogP contribution in [0.15, 0.2) is 0 Å². The third kappa shape index (κ3) is 18.9. The van der Waals surface area contributed by atoms with E-state index in [4.69, 9.17) is 9.84 Å². The molecule has 0 aliphatic heterocycles. The van der Waals surface area contributed by atoms with E-state index >= 15 is 0 Å². The van der Waals surface area contributed by atoms with Crippen molar-refractivity contribution in [2.45, 2.75) is 97.3 Å². The quantitative estimate of drug-likeness (QED) is 0.307. The highest BCUT2D eigenvalue weighted by Crippen LogP contribution is 2.13. The molecule has 0 aliphatic carbocycles. The van der Waals surface area contributed by atoms with Crippen LogP contribution in [0.2, 0.25) is 0 Å². The topological polar surface area (TPSA) is 63.6 Å². The Morgan fingerprint density at radius 1 is 0.783 bits per heavy atom. The van der Waals surface area contributed by atoms with E-state index in [-0.39, 0.29) is 18.8 Å². The highest BCUT2D eigenvalue weighted by molar-refractivity contribution is 5.71. The normalized spacial score (nSPS) is 10.9. The van der Waals surface area contributed by atoms with Gasteiger partial charge >= 0.3 is 11.9 Å². The summed E-state index contributed by atoms with van der Waals surface area (Å²) in [6.07, 6.45) is 13.2. The molecule has 4 heteroatoms. The summed E-state index contributed by atoms with van der Waals surface area (Å²) in [5.41, 5.74) is 0. The molecule has 0 aromatic heterocycles. The van der Waals surface area contributed by atoms with Gasteiger partial charge in [-0.15, -0.1) is 0 Å². The molecule has 1 N–H and O–H groups in total. The van der Waals surface area contributed by atoms with Crippen molar-refractivity contribution in [1.82, 2.24) is 0 Å². The fourth-order valence-electron chi connectivity index (χ4n) is 2.53. The summed E-state index contributed by atoms with van der Waals surface area (Å²) in [6.45, 7) is 5.04. The van der Waals surface area contributed by atoms with Gasteiger partial charge in [0.2, 0.25) is 0 Å². The summed E-state index contributed by atoms with van der Waals surface area (Å²) in [5, 5.41) is 8.47. The molecule has 0 atom stereocenters. The van der Waals surface area contributed by atoms with Crippen molar-refractivity contribution in [3.05, 3.63) is 0 Å². The summed E-state index contributed by atoms with van der Waals surface area (Å²) in [6, 6.07) is 0. The largest absolute Gasteiger partial charge is 0.481 e. The summed E-state index contributed by atoms with van der Waals surface area (Å²) in [5.74, 6) is -0.299. The van der Waals surface area contributed by atoms with E-state index < -0.39 is 5.97 Å². The van der Waals surface area contributed by atoms with Gasteiger partial charge in [0.1, 0.15) is 0 Å². The standard InChI is InChI=1S/C19H36O4/c1-17(2)13-10-8-6-4-3-5-7-9-11-16-23-19(22)15-12-14-18(20)21/h17H,3-16H2,1-2H3,(H,20,21). The Bertz CT molecular complexity index is 300. The van der Waals surface area contributed by atoms with Crippen LogP contribution in [0.4, 0.5) is 0 Å². The molecule has 0 aromatic rings. The molecular weight excluding hydrogens is 292 g/mol. The lowest BCUT2D eigenvalue weighted by Gasteiger charge is -2.05. The van der Waals surface area contributed by atoms with Gasteiger partial charge in [0.15, 0.2) is 0 Å². The van der Waals surface area contributed by atoms with Crippen LogP contribution in [0, 0.1) is 5.92 Å². The van der Waals surface area contributed by atoms with Gasteiger partial charge in [0, 0.05) is 12.8 Å². The molecule has 0 heterocycles. The Morgan fingerprint density at radius 3 is 1.83 bits per heavy atom. The van der Waals surface area contributed by atoms with Crippen molar-refractivity contribution < 1.29 is 19.4 Å². The Kier molecular flexibility index (Phi) is 15.1. The zero-order chi connectivity index (χ0) is 17.3. The second kappa shape index (κ2) is 15.8. The van der Waals surface area contributed by atoms with Crippen LogP contribution in [-0.4, -0.2) is 23.7 Å². The third-order valence-corrected chi connectivity index (χ3v) is 3.96. The minimum Gasteiger partial charge on any atom is -0.481 e. The minimum absolute atomic E-state index is 0.0343. The monoisotopic (exact) mass is 328 g/mol. The van der Waals surface area contributed by atoms with Crippen LogP contribution < -0.4 is 0 Å². The van der Waals surface area contributed by atoms with E-state index in [1.54, 1.807) is 0 Å². The fraction of sp³-hybridized carbons (Fsp3) is 0.895. The molecule has 0 aromatic carbocycles. The predicted octanol–water partition coefficient (Wildman–Crippen LogP) is 5.34. The number of rotatable bonds is 16. The number of ether oxygens (including phenoxy) is 1. The molecule has 0 rings (SSSR count). The van der Waals surface area contributed by atoms with Crippen LogP contribution >= 0.6 is 0 Å². The zero-order valence-electron chi connectivity index (χ0n) is 15.1. The van der Waals surface area contributed by atoms with E-state index in [0.29, 0.717) is 13.0 Å². The average Bonchev–Trinajstić information content (AvgIpc) is 2.47. The molecule has 0 unspecified atom stereocenters. The predicted molar refractivity (Wildman–Crippen MR) is 93.5 cm³/mol. The van der Waals surface area contributed by atoms with Gasteiger partial charge in [0.25, 0.3) is 0 Å². The van der Waals surface area contributed by atoms with Crippen molar-refractivity contribution in [2.75, 3.05) is 6.61 Å². The zero-order valence-corrected chi connectivity index (χ0v) is 15.1. The van der Waals surface area contributed by atoms with E-state index in [0.717, 1.165) is 18.8 Å². The molecule has 0 saturated heterocycles. The first kappa shape index (κ1) is 21.9. The number of carboxylic acid groups (broad SMARTS) is 1. The van der Waals surface area contributed by atoms with Gasteiger partial charge in [-0.3, -0.25) is 9.59 Å². The Balaban J connectivity index is 3.15. The van der Waals surface area contributed by atoms with E-state index in [1.807, 2.05) is 0 Å². The van der Waals surface area contributed by atoms with Gasteiger partial charge in [-0.2, -0.15) is 0 Å². The smallest absolute Gasteiger partial charge is 0.305 e. The first-order valence-electron chi connectivity index (χ1n) is 9.39. The van der Waals surface area contributed by atoms with Crippen LogP contribution in [0.1, 0.15) is 97.3 Å². The third-order valence-electron chi connectivity index (χ3n) is 3.96. The highest BCUT2D eigenvalue weighted by atomic mass is 16.5. The summed E-state index contributed by atoms with van der Waals surface area (Å²) in [7, 11) is 0. The van der Waals surface area contributed by atoms with Gasteiger partial charge in [-0.05, 0) is 18.8 Å². The van der Waals surface area contributed by atoms with Crippen molar-refractivity contribution >= 4 is 11.9 Å². The lowest BCUT2D eigenvalue weighted by molar-refractivity contribution is -0.144. The Labute approximate surface area is 142 Å².